The highest BCUT2D eigenvalue weighted by molar-refractivity contribution is 5.41. The summed E-state index contributed by atoms with van der Waals surface area (Å²) >= 11 is 0. The highest BCUT2D eigenvalue weighted by Crippen LogP contribution is 2.19. The molecule has 0 aliphatic rings. The molecule has 2 rings (SSSR count). The Morgan fingerprint density at radius 3 is 2.45 bits per heavy atom. The number of aliphatic hydroxyl groups is 2. The van der Waals surface area contributed by atoms with Gasteiger partial charge in [0.05, 0.1) is 12.7 Å². The number of aliphatic hydroxyl groups excluding tert-OH is 2. The largest absolute Gasteiger partial charge is 0.399 e. The maximum atomic E-state index is 10.3. The molecule has 1 atom stereocenters. The van der Waals surface area contributed by atoms with E-state index >= 15 is 0 Å². The van der Waals surface area contributed by atoms with Crippen LogP contribution in [-0.4, -0.2) is 34.8 Å². The van der Waals surface area contributed by atoms with Crippen molar-refractivity contribution in [2.24, 2.45) is 0 Å². The van der Waals surface area contributed by atoms with E-state index in [2.05, 4.69) is 17.0 Å². The van der Waals surface area contributed by atoms with Crippen LogP contribution in [0, 0.1) is 0 Å². The molecule has 4 heteroatoms. The Kier molecular flexibility index (Phi) is 6.40. The predicted molar refractivity (Wildman–Crippen MR) is 89.2 cm³/mol. The average Bonchev–Trinajstić information content (AvgIpc) is 2.53. The first-order valence-electron chi connectivity index (χ1n) is 7.59. The fourth-order valence-electron chi connectivity index (χ4n) is 2.49. The van der Waals surface area contributed by atoms with E-state index in [1.165, 1.54) is 5.56 Å². The Morgan fingerprint density at radius 1 is 1.00 bits per heavy atom. The first-order chi connectivity index (χ1) is 10.7. The molecular weight excluding hydrogens is 276 g/mol. The molecule has 1 unspecified atom stereocenters. The van der Waals surface area contributed by atoms with Crippen LogP contribution >= 0.6 is 0 Å². The number of nitrogens with zero attached hydrogens (tertiary/aromatic N) is 1. The maximum absolute atomic E-state index is 10.3. The average molecular weight is 300 g/mol. The molecule has 2 aromatic rings. The normalized spacial score (nSPS) is 12.5. The van der Waals surface area contributed by atoms with E-state index in [0.717, 1.165) is 12.1 Å². The summed E-state index contributed by atoms with van der Waals surface area (Å²) in [6, 6.07) is 17.5. The summed E-state index contributed by atoms with van der Waals surface area (Å²) in [5.41, 5.74) is 8.45. The van der Waals surface area contributed by atoms with E-state index < -0.39 is 6.10 Å². The summed E-state index contributed by atoms with van der Waals surface area (Å²) in [5.74, 6) is 0. The Labute approximate surface area is 131 Å². The smallest absolute Gasteiger partial charge is 0.0803 e. The van der Waals surface area contributed by atoms with Crippen LogP contribution in [0.25, 0.3) is 0 Å². The zero-order chi connectivity index (χ0) is 15.8. The summed E-state index contributed by atoms with van der Waals surface area (Å²) in [6.07, 6.45) is 0.0662. The topological polar surface area (TPSA) is 69.7 Å². The molecule has 0 saturated heterocycles. The van der Waals surface area contributed by atoms with E-state index in [4.69, 9.17) is 5.73 Å². The highest BCUT2D eigenvalue weighted by atomic mass is 16.3. The lowest BCUT2D eigenvalue weighted by Gasteiger charge is -2.23. The molecule has 22 heavy (non-hydrogen) atoms. The molecule has 0 aliphatic heterocycles. The lowest BCUT2D eigenvalue weighted by atomic mass is 10.1. The van der Waals surface area contributed by atoms with Gasteiger partial charge in [-0.15, -0.1) is 0 Å². The van der Waals surface area contributed by atoms with Crippen LogP contribution in [0.15, 0.2) is 54.6 Å². The Balaban J connectivity index is 1.91. The minimum atomic E-state index is -0.541. The number of hydrogen-bond donors (Lipinski definition) is 3. The second kappa shape index (κ2) is 8.54. The van der Waals surface area contributed by atoms with Crippen LogP contribution in [0.3, 0.4) is 0 Å². The van der Waals surface area contributed by atoms with Crippen molar-refractivity contribution in [3.63, 3.8) is 0 Å². The quantitative estimate of drug-likeness (QED) is 0.654. The van der Waals surface area contributed by atoms with Gasteiger partial charge in [0.2, 0.25) is 0 Å². The second-order valence-corrected chi connectivity index (χ2v) is 5.46. The second-order valence-electron chi connectivity index (χ2n) is 5.46. The van der Waals surface area contributed by atoms with E-state index in [0.29, 0.717) is 25.2 Å². The zero-order valence-electron chi connectivity index (χ0n) is 12.7. The van der Waals surface area contributed by atoms with Gasteiger partial charge in [0, 0.05) is 25.3 Å². The minimum Gasteiger partial charge on any atom is -0.399 e. The van der Waals surface area contributed by atoms with Crippen LogP contribution in [0.4, 0.5) is 5.69 Å². The molecule has 0 radical (unpaired) electrons. The molecule has 0 heterocycles. The van der Waals surface area contributed by atoms with Crippen LogP contribution in [0.2, 0.25) is 0 Å². The minimum absolute atomic E-state index is 0.112. The van der Waals surface area contributed by atoms with Gasteiger partial charge in [-0.3, -0.25) is 4.90 Å². The predicted octanol–water partition coefficient (Wildman–Crippen LogP) is 2.19. The van der Waals surface area contributed by atoms with E-state index in [1.807, 2.05) is 36.4 Å². The molecule has 0 spiro atoms. The van der Waals surface area contributed by atoms with Crippen molar-refractivity contribution >= 4 is 5.69 Å². The first-order valence-corrected chi connectivity index (χ1v) is 7.59. The zero-order valence-corrected chi connectivity index (χ0v) is 12.7. The lowest BCUT2D eigenvalue weighted by molar-refractivity contribution is 0.128. The standard InChI is InChI=1S/C18H24N2O2/c19-17-8-4-7-16(13-17)18(22)9-10-20(11-12-21)14-15-5-2-1-3-6-15/h1-8,13,18,21-22H,9-12,14,19H2. The van der Waals surface area contributed by atoms with Gasteiger partial charge in [0.1, 0.15) is 0 Å². The molecule has 118 valence electrons. The number of nitrogens with two attached hydrogens (primary N) is 1. The fourth-order valence-corrected chi connectivity index (χ4v) is 2.49. The van der Waals surface area contributed by atoms with E-state index in [9.17, 15) is 10.2 Å². The summed E-state index contributed by atoms with van der Waals surface area (Å²) in [6.45, 7) is 2.19. The summed E-state index contributed by atoms with van der Waals surface area (Å²) < 4.78 is 0. The highest BCUT2D eigenvalue weighted by Gasteiger charge is 2.11. The van der Waals surface area contributed by atoms with Crippen molar-refractivity contribution in [1.29, 1.82) is 0 Å². The molecule has 4 nitrogen and oxygen atoms in total. The lowest BCUT2D eigenvalue weighted by Crippen LogP contribution is -2.28. The molecular formula is C18H24N2O2. The SMILES string of the molecule is Nc1cccc(C(O)CCN(CCO)Cc2ccccc2)c1. The molecule has 0 amide bonds. The van der Waals surface area contributed by atoms with Crippen molar-refractivity contribution < 1.29 is 10.2 Å². The number of anilines is 1. The van der Waals surface area contributed by atoms with Gasteiger partial charge >= 0.3 is 0 Å². The van der Waals surface area contributed by atoms with Gasteiger partial charge in [0.25, 0.3) is 0 Å². The molecule has 0 aliphatic carbocycles. The van der Waals surface area contributed by atoms with Crippen molar-refractivity contribution in [1.82, 2.24) is 4.90 Å². The Hall–Kier alpha value is -1.88. The number of hydrogen-bond acceptors (Lipinski definition) is 4. The van der Waals surface area contributed by atoms with Crippen LogP contribution < -0.4 is 5.73 Å². The Bertz CT molecular complexity index is 560. The van der Waals surface area contributed by atoms with E-state index in [-0.39, 0.29) is 6.61 Å². The van der Waals surface area contributed by atoms with Gasteiger partial charge in [-0.1, -0.05) is 42.5 Å². The van der Waals surface area contributed by atoms with E-state index in [1.54, 1.807) is 6.07 Å². The van der Waals surface area contributed by atoms with Gasteiger partial charge in [-0.2, -0.15) is 0 Å². The first kappa shape index (κ1) is 16.5. The number of rotatable bonds is 8. The van der Waals surface area contributed by atoms with Gasteiger partial charge in [-0.25, -0.2) is 0 Å². The van der Waals surface area contributed by atoms with Crippen LogP contribution in [0.1, 0.15) is 23.7 Å². The monoisotopic (exact) mass is 300 g/mol. The summed E-state index contributed by atoms with van der Waals surface area (Å²) in [7, 11) is 0. The summed E-state index contributed by atoms with van der Waals surface area (Å²) in [4.78, 5) is 2.14. The Morgan fingerprint density at radius 2 is 1.77 bits per heavy atom. The fraction of sp³-hybridized carbons (Fsp3) is 0.333. The van der Waals surface area contributed by atoms with Crippen molar-refractivity contribution in [3.05, 3.63) is 65.7 Å². The number of benzene rings is 2. The third-order valence-electron chi connectivity index (χ3n) is 3.68. The molecule has 0 bridgehead atoms. The van der Waals surface area contributed by atoms with Crippen LogP contribution in [0.5, 0.6) is 0 Å². The van der Waals surface area contributed by atoms with Gasteiger partial charge in [-0.05, 0) is 29.7 Å². The van der Waals surface area contributed by atoms with Gasteiger partial charge < -0.3 is 15.9 Å². The molecule has 2 aromatic carbocycles. The molecule has 4 N–H and O–H groups in total. The molecule has 0 fully saturated rings. The van der Waals surface area contributed by atoms with Crippen molar-refractivity contribution in [2.45, 2.75) is 19.1 Å². The third-order valence-corrected chi connectivity index (χ3v) is 3.68. The molecule has 0 aromatic heterocycles. The van der Waals surface area contributed by atoms with Crippen molar-refractivity contribution in [2.75, 3.05) is 25.4 Å². The summed E-state index contributed by atoms with van der Waals surface area (Å²) in [5, 5.41) is 19.5. The van der Waals surface area contributed by atoms with Gasteiger partial charge in [0.15, 0.2) is 0 Å². The third kappa shape index (κ3) is 5.15. The maximum Gasteiger partial charge on any atom is 0.0803 e. The van der Waals surface area contributed by atoms with Crippen LogP contribution in [-0.2, 0) is 6.54 Å². The molecule has 0 saturated carbocycles. The number of nitrogen functional groups attached to an aromatic ring is 1. The van der Waals surface area contributed by atoms with Crippen molar-refractivity contribution in [3.8, 4) is 0 Å².